The van der Waals surface area contributed by atoms with Crippen molar-refractivity contribution in [1.29, 1.82) is 0 Å². The van der Waals surface area contributed by atoms with Crippen LogP contribution in [-0.4, -0.2) is 42.2 Å². The summed E-state index contributed by atoms with van der Waals surface area (Å²) in [5.74, 6) is 0.111. The molecule has 1 aliphatic rings. The van der Waals surface area contributed by atoms with E-state index in [9.17, 15) is 9.59 Å². The number of carbonyl (C=O) groups excluding carboxylic acids is 2. The van der Waals surface area contributed by atoms with Crippen LogP contribution < -0.4 is 0 Å². The van der Waals surface area contributed by atoms with Gasteiger partial charge in [-0.2, -0.15) is 0 Å². The highest BCUT2D eigenvalue weighted by Gasteiger charge is 2.32. The Morgan fingerprint density at radius 1 is 1.17 bits per heavy atom. The van der Waals surface area contributed by atoms with Crippen molar-refractivity contribution >= 4 is 35.2 Å². The molecule has 0 radical (unpaired) electrons. The van der Waals surface area contributed by atoms with Crippen LogP contribution in [0.1, 0.15) is 25.3 Å². The maximum absolute atomic E-state index is 13.5. The SMILES string of the molecule is CCOC(=O)[C@H]1CCCN(C(=O)[C@H](CSc2ccccc2)Cc2ccccc2Cl)C1. The largest absolute Gasteiger partial charge is 0.466 e. The van der Waals surface area contributed by atoms with Gasteiger partial charge in [-0.15, -0.1) is 11.8 Å². The molecule has 1 fully saturated rings. The van der Waals surface area contributed by atoms with Crippen molar-refractivity contribution in [2.45, 2.75) is 31.1 Å². The van der Waals surface area contributed by atoms with Crippen molar-refractivity contribution in [3.8, 4) is 0 Å². The molecule has 0 unspecified atom stereocenters. The minimum Gasteiger partial charge on any atom is -0.466 e. The molecule has 2 atom stereocenters. The van der Waals surface area contributed by atoms with Crippen molar-refractivity contribution < 1.29 is 14.3 Å². The lowest BCUT2D eigenvalue weighted by Gasteiger charge is -2.34. The maximum atomic E-state index is 13.5. The molecule has 2 aromatic carbocycles. The molecule has 1 amide bonds. The molecule has 0 saturated carbocycles. The summed E-state index contributed by atoms with van der Waals surface area (Å²) < 4.78 is 5.19. The molecular formula is C24H28ClNO3S. The number of hydrogen-bond acceptors (Lipinski definition) is 4. The smallest absolute Gasteiger partial charge is 0.310 e. The van der Waals surface area contributed by atoms with Gasteiger partial charge >= 0.3 is 5.97 Å². The molecule has 4 nitrogen and oxygen atoms in total. The number of carbonyl (C=O) groups is 2. The van der Waals surface area contributed by atoms with Gasteiger partial charge in [0.05, 0.1) is 18.4 Å². The van der Waals surface area contributed by atoms with Gasteiger partial charge in [-0.25, -0.2) is 0 Å². The van der Waals surface area contributed by atoms with Crippen LogP contribution in [-0.2, 0) is 20.7 Å². The molecule has 1 heterocycles. The lowest BCUT2D eigenvalue weighted by molar-refractivity contribution is -0.151. The first-order valence-corrected chi connectivity index (χ1v) is 11.8. The zero-order chi connectivity index (χ0) is 21.3. The number of nitrogens with zero attached hydrogens (tertiary/aromatic N) is 1. The number of amides is 1. The molecule has 0 aliphatic carbocycles. The number of esters is 1. The van der Waals surface area contributed by atoms with E-state index in [2.05, 4.69) is 12.1 Å². The Balaban J connectivity index is 1.73. The molecule has 160 valence electrons. The molecule has 30 heavy (non-hydrogen) atoms. The normalized spacial score (nSPS) is 17.4. The summed E-state index contributed by atoms with van der Waals surface area (Å²) in [7, 11) is 0. The number of rotatable bonds is 8. The van der Waals surface area contributed by atoms with E-state index in [1.54, 1.807) is 11.8 Å². The lowest BCUT2D eigenvalue weighted by atomic mass is 9.94. The van der Waals surface area contributed by atoms with Crippen LogP contribution in [0, 0.1) is 11.8 Å². The topological polar surface area (TPSA) is 46.6 Å². The van der Waals surface area contributed by atoms with Gasteiger partial charge in [-0.1, -0.05) is 48.0 Å². The van der Waals surface area contributed by atoms with E-state index in [0.717, 1.165) is 23.3 Å². The van der Waals surface area contributed by atoms with Crippen LogP contribution in [0.25, 0.3) is 0 Å². The van der Waals surface area contributed by atoms with E-state index in [0.29, 0.717) is 36.9 Å². The molecule has 0 aromatic heterocycles. The first-order chi connectivity index (χ1) is 14.6. The Morgan fingerprint density at radius 3 is 2.63 bits per heavy atom. The Morgan fingerprint density at radius 2 is 1.90 bits per heavy atom. The van der Waals surface area contributed by atoms with Gasteiger partial charge in [-0.3, -0.25) is 9.59 Å². The van der Waals surface area contributed by atoms with E-state index in [-0.39, 0.29) is 23.7 Å². The average molecular weight is 446 g/mol. The summed E-state index contributed by atoms with van der Waals surface area (Å²) in [5.41, 5.74) is 0.977. The van der Waals surface area contributed by atoms with E-state index < -0.39 is 0 Å². The van der Waals surface area contributed by atoms with Crippen LogP contribution in [0.3, 0.4) is 0 Å². The molecule has 1 saturated heterocycles. The fourth-order valence-corrected chi connectivity index (χ4v) is 4.97. The standard InChI is InChI=1S/C24H28ClNO3S/c1-2-29-24(28)19-10-8-14-26(16-19)23(27)20(15-18-9-6-7-13-22(18)25)17-30-21-11-4-3-5-12-21/h3-7,9,11-13,19-20H,2,8,10,14-17H2,1H3/t19-,20-/m0/s1. The molecule has 6 heteroatoms. The van der Waals surface area contributed by atoms with Gasteiger partial charge in [0, 0.05) is 28.8 Å². The van der Waals surface area contributed by atoms with Gasteiger partial charge in [0.15, 0.2) is 0 Å². The highest BCUT2D eigenvalue weighted by molar-refractivity contribution is 7.99. The Labute approximate surface area is 187 Å². The number of thioether (sulfide) groups is 1. The molecule has 0 spiro atoms. The molecular weight excluding hydrogens is 418 g/mol. The van der Waals surface area contributed by atoms with E-state index in [4.69, 9.17) is 16.3 Å². The highest BCUT2D eigenvalue weighted by atomic mass is 35.5. The summed E-state index contributed by atoms with van der Waals surface area (Å²) in [6.45, 7) is 3.30. The van der Waals surface area contributed by atoms with Crippen LogP contribution >= 0.6 is 23.4 Å². The molecule has 3 rings (SSSR count). The van der Waals surface area contributed by atoms with Crippen LogP contribution in [0.2, 0.25) is 5.02 Å². The number of likely N-dealkylation sites (tertiary alicyclic amines) is 1. The van der Waals surface area contributed by atoms with Gasteiger partial charge < -0.3 is 9.64 Å². The first-order valence-electron chi connectivity index (χ1n) is 10.4. The van der Waals surface area contributed by atoms with Crippen LogP contribution in [0.4, 0.5) is 0 Å². The predicted octanol–water partition coefficient (Wildman–Crippen LogP) is 5.09. The summed E-state index contributed by atoms with van der Waals surface area (Å²) in [6.07, 6.45) is 2.18. The first kappa shape index (κ1) is 22.7. The van der Waals surface area contributed by atoms with E-state index in [1.807, 2.05) is 54.3 Å². The second-order valence-corrected chi connectivity index (χ2v) is 8.99. The third-order valence-electron chi connectivity index (χ3n) is 5.32. The molecule has 0 N–H and O–H groups in total. The zero-order valence-electron chi connectivity index (χ0n) is 17.3. The average Bonchev–Trinajstić information content (AvgIpc) is 2.78. The third kappa shape index (κ3) is 6.26. The molecule has 0 bridgehead atoms. The fraction of sp³-hybridized carbons (Fsp3) is 0.417. The maximum Gasteiger partial charge on any atom is 0.310 e. The third-order valence-corrected chi connectivity index (χ3v) is 6.86. The Kier molecular flexibility index (Phi) is 8.64. The van der Waals surface area contributed by atoms with Gasteiger partial charge in [0.1, 0.15) is 0 Å². The summed E-state index contributed by atoms with van der Waals surface area (Å²) in [4.78, 5) is 28.7. The minimum absolute atomic E-state index is 0.0901. The fourth-order valence-electron chi connectivity index (χ4n) is 3.75. The predicted molar refractivity (Wildman–Crippen MR) is 122 cm³/mol. The monoisotopic (exact) mass is 445 g/mol. The quantitative estimate of drug-likeness (QED) is 0.419. The van der Waals surface area contributed by atoms with Gasteiger partial charge in [0.2, 0.25) is 5.91 Å². The minimum atomic E-state index is -0.231. The van der Waals surface area contributed by atoms with Gasteiger partial charge in [0.25, 0.3) is 0 Å². The number of halogens is 1. The Hall–Kier alpha value is -1.98. The molecule has 2 aromatic rings. The van der Waals surface area contributed by atoms with Crippen molar-refractivity contribution in [2.75, 3.05) is 25.4 Å². The summed E-state index contributed by atoms with van der Waals surface area (Å²) in [6, 6.07) is 17.8. The number of benzene rings is 2. The van der Waals surface area contributed by atoms with Crippen LogP contribution in [0.15, 0.2) is 59.5 Å². The van der Waals surface area contributed by atoms with E-state index >= 15 is 0 Å². The second kappa shape index (κ2) is 11.4. The summed E-state index contributed by atoms with van der Waals surface area (Å²) >= 11 is 8.06. The van der Waals surface area contributed by atoms with Crippen molar-refractivity contribution in [3.05, 3.63) is 65.2 Å². The number of ether oxygens (including phenoxy) is 1. The lowest BCUT2D eigenvalue weighted by Crippen LogP contribution is -2.46. The zero-order valence-corrected chi connectivity index (χ0v) is 18.8. The van der Waals surface area contributed by atoms with Crippen molar-refractivity contribution in [1.82, 2.24) is 4.90 Å². The molecule has 1 aliphatic heterocycles. The van der Waals surface area contributed by atoms with Crippen LogP contribution in [0.5, 0.6) is 0 Å². The van der Waals surface area contributed by atoms with E-state index in [1.165, 1.54) is 0 Å². The number of hydrogen-bond donors (Lipinski definition) is 0. The summed E-state index contributed by atoms with van der Waals surface area (Å²) in [5, 5.41) is 0.683. The van der Waals surface area contributed by atoms with Crippen molar-refractivity contribution in [3.63, 3.8) is 0 Å². The van der Waals surface area contributed by atoms with Crippen molar-refractivity contribution in [2.24, 2.45) is 11.8 Å². The Bertz CT molecular complexity index is 845. The number of piperidine rings is 1. The second-order valence-electron chi connectivity index (χ2n) is 7.49. The highest BCUT2D eigenvalue weighted by Crippen LogP contribution is 2.28. The van der Waals surface area contributed by atoms with Gasteiger partial charge in [-0.05, 0) is 49.9 Å².